The molecule has 0 aliphatic heterocycles. The van der Waals surface area contributed by atoms with Crippen LogP contribution < -0.4 is 5.32 Å². The highest BCUT2D eigenvalue weighted by atomic mass is 15.0. The Labute approximate surface area is 49.3 Å². The van der Waals surface area contributed by atoms with Gasteiger partial charge in [0.1, 0.15) is 0 Å². The summed E-state index contributed by atoms with van der Waals surface area (Å²) in [7, 11) is 0. The lowest BCUT2D eigenvalue weighted by Gasteiger charge is -1.83. The number of hydrogen-bond donors (Lipinski definition) is 1. The van der Waals surface area contributed by atoms with E-state index in [-0.39, 0.29) is 0 Å². The molecule has 4 nitrogen and oxygen atoms in total. The lowest BCUT2D eigenvalue weighted by atomic mass is 10.7. The Bertz CT molecular complexity index is 53.1. The summed E-state index contributed by atoms with van der Waals surface area (Å²) in [6.07, 6.45) is 0. The largest absolute Gasteiger partial charge is 0.373 e. The molecule has 0 aliphatic carbocycles. The summed E-state index contributed by atoms with van der Waals surface area (Å²) in [5, 5.41) is 2.25. The molecule has 0 heterocycles. The third-order valence-corrected chi connectivity index (χ3v) is 0.577. The minimum Gasteiger partial charge on any atom is -0.373 e. The Kier molecular flexibility index (Phi) is 20.9. The van der Waals surface area contributed by atoms with Crippen molar-refractivity contribution in [1.82, 2.24) is 0 Å². The lowest BCUT2D eigenvalue weighted by molar-refractivity contribution is -0.648. The smallest absolute Gasteiger partial charge is 0.0726 e. The fraction of sp³-hybridized carbons (Fsp3) is 1.00. The molecule has 0 saturated heterocycles. The summed E-state index contributed by atoms with van der Waals surface area (Å²) >= 11 is 0. The van der Waals surface area contributed by atoms with Crippen LogP contribution in [0.15, 0.2) is 0 Å². The van der Waals surface area contributed by atoms with Crippen LogP contribution in [0.25, 0.3) is 16.0 Å². The summed E-state index contributed by atoms with van der Waals surface area (Å²) in [6.45, 7) is 6.75. The minimum atomic E-state index is 1.22. The van der Waals surface area contributed by atoms with Gasteiger partial charge in [0.2, 0.25) is 0 Å². The van der Waals surface area contributed by atoms with Crippen molar-refractivity contribution in [3.05, 3.63) is 16.0 Å². The van der Waals surface area contributed by atoms with E-state index >= 15 is 0 Å². The first-order valence-electron chi connectivity index (χ1n) is 2.63. The minimum absolute atomic E-state index is 1.22. The van der Waals surface area contributed by atoms with Gasteiger partial charge in [-0.3, -0.25) is 4.91 Å². The molecule has 0 rings (SSSR count). The van der Waals surface area contributed by atoms with Gasteiger partial charge in [0.15, 0.2) is 0 Å². The molecule has 0 aliphatic rings. The van der Waals surface area contributed by atoms with Crippen molar-refractivity contribution < 1.29 is 5.32 Å². The van der Waals surface area contributed by atoms with Crippen molar-refractivity contribution >= 4 is 0 Å². The number of rotatable bonds is 2. The van der Waals surface area contributed by atoms with E-state index in [4.69, 9.17) is 11.1 Å². The van der Waals surface area contributed by atoms with Gasteiger partial charge in [0.25, 0.3) is 0 Å². The number of nitrogens with two attached hydrogens (primary N) is 1. The van der Waals surface area contributed by atoms with E-state index in [0.29, 0.717) is 0 Å². The van der Waals surface area contributed by atoms with Crippen LogP contribution in [0.5, 0.6) is 0 Å². The molecule has 0 bridgehead atoms. The molecule has 0 atom stereocenters. The highest BCUT2D eigenvalue weighted by Gasteiger charge is 1.67. The van der Waals surface area contributed by atoms with Crippen molar-refractivity contribution in [2.75, 3.05) is 13.1 Å². The van der Waals surface area contributed by atoms with E-state index < -0.39 is 0 Å². The van der Waals surface area contributed by atoms with E-state index in [1.165, 1.54) is 18.0 Å². The molecule has 0 spiro atoms. The molecule has 0 saturated carbocycles. The fourth-order valence-corrected chi connectivity index (χ4v) is 0.289. The maximum absolute atomic E-state index is 6.75. The van der Waals surface area contributed by atoms with Crippen LogP contribution in [-0.2, 0) is 0 Å². The molecule has 0 aromatic heterocycles. The van der Waals surface area contributed by atoms with E-state index in [0.717, 1.165) is 0 Å². The van der Waals surface area contributed by atoms with Gasteiger partial charge in [0, 0.05) is 0 Å². The van der Waals surface area contributed by atoms with Gasteiger partial charge in [0.05, 0.1) is 13.1 Å². The second-order valence-corrected chi connectivity index (χ2v) is 1.19. The molecular weight excluding hydrogens is 104 g/mol. The number of hydrogen-bond acceptors (Lipinski definition) is 0. The second kappa shape index (κ2) is 16.3. The molecule has 48 valence electrons. The Morgan fingerprint density at radius 3 is 1.50 bits per heavy atom. The van der Waals surface area contributed by atoms with Gasteiger partial charge >= 0.3 is 0 Å². The highest BCUT2D eigenvalue weighted by Crippen LogP contribution is 1.29. The molecule has 0 aromatic rings. The first-order valence-corrected chi connectivity index (χ1v) is 2.63. The predicted molar refractivity (Wildman–Crippen MR) is 33.1 cm³/mol. The summed E-state index contributed by atoms with van der Waals surface area (Å²) in [5.74, 6) is 0. The summed E-state index contributed by atoms with van der Waals surface area (Å²) in [6, 6.07) is 0. The van der Waals surface area contributed by atoms with E-state index in [9.17, 15) is 0 Å². The van der Waals surface area contributed by atoms with Gasteiger partial charge in [-0.1, -0.05) is 0 Å². The van der Waals surface area contributed by atoms with Crippen molar-refractivity contribution in [3.8, 4) is 0 Å². The topological polar surface area (TPSA) is 75.3 Å². The zero-order chi connectivity index (χ0) is 6.83. The van der Waals surface area contributed by atoms with Crippen LogP contribution in [-0.4, -0.2) is 13.1 Å². The van der Waals surface area contributed by atoms with E-state index in [2.05, 4.69) is 19.2 Å². The third kappa shape index (κ3) is 59.6. The van der Waals surface area contributed by atoms with Gasteiger partial charge in [-0.2, -0.15) is 0 Å². The Morgan fingerprint density at radius 2 is 1.50 bits per heavy atom. The van der Waals surface area contributed by atoms with Crippen molar-refractivity contribution in [3.63, 3.8) is 0 Å². The quantitative estimate of drug-likeness (QED) is 0.309. The average Bonchev–Trinajstić information content (AvgIpc) is 1.71. The van der Waals surface area contributed by atoms with Crippen LogP contribution >= 0.6 is 0 Å². The monoisotopic (exact) mass is 116 g/mol. The van der Waals surface area contributed by atoms with Gasteiger partial charge in [-0.05, 0) is 13.8 Å². The van der Waals surface area contributed by atoms with Crippen LogP contribution in [0.1, 0.15) is 13.8 Å². The Balaban J connectivity index is 0. The van der Waals surface area contributed by atoms with Gasteiger partial charge in [-0.15, -0.1) is 0 Å². The van der Waals surface area contributed by atoms with Crippen LogP contribution in [0.4, 0.5) is 0 Å². The number of nitrogens with zero attached hydrogens (tertiary/aromatic N) is 3. The lowest BCUT2D eigenvalue weighted by Crippen LogP contribution is -2.82. The van der Waals surface area contributed by atoms with E-state index in [1.54, 1.807) is 0 Å². The molecule has 4 heteroatoms. The third-order valence-electron chi connectivity index (χ3n) is 0.577. The molecule has 0 aromatic carbocycles. The molecule has 0 amide bonds. The fourth-order valence-electron chi connectivity index (χ4n) is 0.289. The van der Waals surface area contributed by atoms with Gasteiger partial charge < -0.3 is 16.4 Å². The molecule has 0 fully saturated rings. The van der Waals surface area contributed by atoms with Crippen LogP contribution in [0.2, 0.25) is 0 Å². The summed E-state index contributed by atoms with van der Waals surface area (Å²) in [5.41, 5.74) is 13.5. The zero-order valence-electron chi connectivity index (χ0n) is 5.33. The average molecular weight is 116 g/mol. The summed E-state index contributed by atoms with van der Waals surface area (Å²) < 4.78 is 0. The van der Waals surface area contributed by atoms with Crippen molar-refractivity contribution in [1.29, 1.82) is 0 Å². The molecule has 8 heavy (non-hydrogen) atoms. The molecule has 2 N–H and O–H groups in total. The van der Waals surface area contributed by atoms with Crippen molar-refractivity contribution in [2.45, 2.75) is 13.8 Å². The van der Waals surface area contributed by atoms with Crippen molar-refractivity contribution in [2.24, 2.45) is 0 Å². The normalized spacial score (nSPS) is 6.25. The molecular formula is C4H12N4. The predicted octanol–water partition coefficient (Wildman–Crippen LogP) is 0.456. The zero-order valence-corrected chi connectivity index (χ0v) is 5.33. The maximum Gasteiger partial charge on any atom is 0.0726 e. The molecule has 0 radical (unpaired) electrons. The second-order valence-electron chi connectivity index (χ2n) is 1.19. The number of quaternary nitrogens is 1. The van der Waals surface area contributed by atoms with E-state index in [1.807, 2.05) is 0 Å². The van der Waals surface area contributed by atoms with Crippen LogP contribution in [0, 0.1) is 0 Å². The standard InChI is InChI=1S/C4H11N.N3/c1-3-5-4-2;1-3-2/h5H,3-4H2,1-2H3;/q;-1/p+1. The highest BCUT2D eigenvalue weighted by molar-refractivity contribution is 4.36. The summed E-state index contributed by atoms with van der Waals surface area (Å²) in [4.78, 5) is 1.50. The van der Waals surface area contributed by atoms with Gasteiger partial charge in [-0.25, -0.2) is 0 Å². The van der Waals surface area contributed by atoms with Crippen LogP contribution in [0.3, 0.4) is 0 Å². The SMILES string of the molecule is CC[NH2+]CC.[N-]=[N+]=[N-]. The maximum atomic E-state index is 6.75. The Morgan fingerprint density at radius 1 is 1.25 bits per heavy atom. The first-order chi connectivity index (χ1) is 3.83. The molecule has 0 unspecified atom stereocenters. The first kappa shape index (κ1) is 10.3. The Hall–Kier alpha value is -0.730.